The SMILES string of the molecule is CCOc1cc(-c2cc(NCCc3ccc4ccsc4c3)ncn2)sc1C(=O)O. The molecule has 0 amide bonds. The van der Waals surface area contributed by atoms with E-state index in [0.29, 0.717) is 23.9 Å². The maximum atomic E-state index is 11.4. The van der Waals surface area contributed by atoms with Gasteiger partial charge in [0.15, 0.2) is 4.88 Å². The molecule has 0 radical (unpaired) electrons. The predicted octanol–water partition coefficient (Wildman–Crippen LogP) is 5.17. The van der Waals surface area contributed by atoms with E-state index in [2.05, 4.69) is 44.9 Å². The lowest BCUT2D eigenvalue weighted by atomic mass is 10.1. The van der Waals surface area contributed by atoms with Gasteiger partial charge in [0, 0.05) is 23.4 Å². The Kier molecular flexibility index (Phi) is 5.73. The van der Waals surface area contributed by atoms with E-state index in [1.807, 2.05) is 13.0 Å². The van der Waals surface area contributed by atoms with Crippen LogP contribution in [0.15, 0.2) is 48.1 Å². The number of aromatic nitrogens is 2. The largest absolute Gasteiger partial charge is 0.492 e. The molecule has 0 aliphatic rings. The fraction of sp³-hybridized carbons (Fsp3) is 0.190. The third-order valence-electron chi connectivity index (χ3n) is 4.35. The third kappa shape index (κ3) is 4.38. The highest BCUT2D eigenvalue weighted by atomic mass is 32.1. The number of anilines is 1. The molecule has 0 aliphatic carbocycles. The molecule has 3 heterocycles. The number of hydrogen-bond donors (Lipinski definition) is 2. The fourth-order valence-corrected chi connectivity index (χ4v) is 4.75. The van der Waals surface area contributed by atoms with Crippen LogP contribution in [0.5, 0.6) is 5.75 Å². The molecular weight excluding hydrogens is 406 g/mol. The fourth-order valence-electron chi connectivity index (χ4n) is 2.99. The molecule has 148 valence electrons. The Morgan fingerprint density at radius 1 is 1.21 bits per heavy atom. The van der Waals surface area contributed by atoms with Crippen LogP contribution >= 0.6 is 22.7 Å². The molecular formula is C21H19N3O3S2. The quantitative estimate of drug-likeness (QED) is 0.405. The van der Waals surface area contributed by atoms with E-state index < -0.39 is 5.97 Å². The number of benzene rings is 1. The molecule has 6 nitrogen and oxygen atoms in total. The number of hydrogen-bond acceptors (Lipinski definition) is 7. The summed E-state index contributed by atoms with van der Waals surface area (Å²) in [5.41, 5.74) is 1.94. The van der Waals surface area contributed by atoms with Crippen LogP contribution < -0.4 is 10.1 Å². The second-order valence-electron chi connectivity index (χ2n) is 6.30. The van der Waals surface area contributed by atoms with Crippen molar-refractivity contribution in [3.8, 4) is 16.3 Å². The van der Waals surface area contributed by atoms with Gasteiger partial charge in [-0.15, -0.1) is 22.7 Å². The van der Waals surface area contributed by atoms with Crippen LogP contribution in [-0.2, 0) is 6.42 Å². The number of fused-ring (bicyclic) bond motifs is 1. The van der Waals surface area contributed by atoms with Gasteiger partial charge in [0.1, 0.15) is 17.9 Å². The van der Waals surface area contributed by atoms with Gasteiger partial charge >= 0.3 is 5.97 Å². The summed E-state index contributed by atoms with van der Waals surface area (Å²) in [4.78, 5) is 20.9. The normalized spacial score (nSPS) is 10.9. The van der Waals surface area contributed by atoms with Gasteiger partial charge in [-0.05, 0) is 41.8 Å². The molecule has 0 atom stereocenters. The van der Waals surface area contributed by atoms with Crippen LogP contribution in [0, 0.1) is 0 Å². The molecule has 29 heavy (non-hydrogen) atoms. The molecule has 0 saturated heterocycles. The summed E-state index contributed by atoms with van der Waals surface area (Å²) < 4.78 is 6.74. The van der Waals surface area contributed by atoms with E-state index in [1.165, 1.54) is 22.0 Å². The second kappa shape index (κ2) is 8.59. The van der Waals surface area contributed by atoms with Crippen molar-refractivity contribution in [2.45, 2.75) is 13.3 Å². The number of nitrogens with one attached hydrogen (secondary N) is 1. The maximum Gasteiger partial charge on any atom is 0.349 e. The molecule has 0 fully saturated rings. The molecule has 1 aromatic carbocycles. The van der Waals surface area contributed by atoms with Gasteiger partial charge in [-0.25, -0.2) is 14.8 Å². The average Bonchev–Trinajstić information content (AvgIpc) is 3.35. The smallest absolute Gasteiger partial charge is 0.349 e. The van der Waals surface area contributed by atoms with Crippen LogP contribution in [0.3, 0.4) is 0 Å². The summed E-state index contributed by atoms with van der Waals surface area (Å²) >= 11 is 2.90. The Morgan fingerprint density at radius 2 is 2.10 bits per heavy atom. The first kappa shape index (κ1) is 19.4. The van der Waals surface area contributed by atoms with Crippen LogP contribution in [0.2, 0.25) is 0 Å². The van der Waals surface area contributed by atoms with Gasteiger partial charge in [-0.3, -0.25) is 0 Å². The van der Waals surface area contributed by atoms with Crippen molar-refractivity contribution >= 4 is 44.5 Å². The number of nitrogens with zero attached hydrogens (tertiary/aromatic N) is 2. The van der Waals surface area contributed by atoms with Crippen LogP contribution in [0.25, 0.3) is 20.7 Å². The number of rotatable bonds is 8. The summed E-state index contributed by atoms with van der Waals surface area (Å²) in [6.45, 7) is 2.97. The number of carbonyl (C=O) groups is 1. The van der Waals surface area contributed by atoms with Crippen molar-refractivity contribution in [3.63, 3.8) is 0 Å². The van der Waals surface area contributed by atoms with Gasteiger partial charge in [0.25, 0.3) is 0 Å². The minimum atomic E-state index is -1.00. The summed E-state index contributed by atoms with van der Waals surface area (Å²) in [5, 5.41) is 16.1. The first-order valence-electron chi connectivity index (χ1n) is 9.16. The molecule has 8 heteroatoms. The highest BCUT2D eigenvalue weighted by Crippen LogP contribution is 2.36. The average molecular weight is 426 g/mol. The van der Waals surface area contributed by atoms with Crippen molar-refractivity contribution in [2.75, 3.05) is 18.5 Å². The summed E-state index contributed by atoms with van der Waals surface area (Å²) in [6.07, 6.45) is 2.36. The van der Waals surface area contributed by atoms with Crippen LogP contribution in [-0.4, -0.2) is 34.2 Å². The Morgan fingerprint density at radius 3 is 2.93 bits per heavy atom. The lowest BCUT2D eigenvalue weighted by Gasteiger charge is -2.07. The zero-order chi connectivity index (χ0) is 20.2. The molecule has 0 spiro atoms. The molecule has 3 aromatic heterocycles. The van der Waals surface area contributed by atoms with Crippen molar-refractivity contribution in [2.24, 2.45) is 0 Å². The first-order valence-corrected chi connectivity index (χ1v) is 10.9. The van der Waals surface area contributed by atoms with Crippen molar-refractivity contribution < 1.29 is 14.6 Å². The minimum Gasteiger partial charge on any atom is -0.492 e. The molecule has 0 saturated carbocycles. The van der Waals surface area contributed by atoms with E-state index in [4.69, 9.17) is 4.74 Å². The van der Waals surface area contributed by atoms with E-state index in [0.717, 1.165) is 29.2 Å². The number of ether oxygens (including phenoxy) is 1. The molecule has 2 N–H and O–H groups in total. The molecule has 0 unspecified atom stereocenters. The van der Waals surface area contributed by atoms with Gasteiger partial charge in [-0.2, -0.15) is 0 Å². The Hall–Kier alpha value is -2.97. The zero-order valence-electron chi connectivity index (χ0n) is 15.7. The summed E-state index contributed by atoms with van der Waals surface area (Å²) in [6, 6.07) is 12.2. The number of aromatic carboxylic acids is 1. The lowest BCUT2D eigenvalue weighted by molar-refractivity contribution is 0.0698. The molecule has 0 bridgehead atoms. The van der Waals surface area contributed by atoms with Crippen LogP contribution in [0.4, 0.5) is 5.82 Å². The standard InChI is InChI=1S/C21H19N3O3S2/c1-2-27-16-11-18(29-20(16)21(25)26)15-10-19(24-12-23-15)22-7-5-13-3-4-14-6-8-28-17(14)9-13/h3-4,6,8-12H,2,5,7H2,1H3,(H,25,26)(H,22,23,24). The maximum absolute atomic E-state index is 11.4. The first-order chi connectivity index (χ1) is 14.1. The van der Waals surface area contributed by atoms with Crippen LogP contribution in [0.1, 0.15) is 22.2 Å². The highest BCUT2D eigenvalue weighted by Gasteiger charge is 2.18. The van der Waals surface area contributed by atoms with Crippen molar-refractivity contribution in [1.29, 1.82) is 0 Å². The molecule has 4 rings (SSSR count). The van der Waals surface area contributed by atoms with Crippen molar-refractivity contribution in [1.82, 2.24) is 9.97 Å². The van der Waals surface area contributed by atoms with Gasteiger partial charge < -0.3 is 15.2 Å². The second-order valence-corrected chi connectivity index (χ2v) is 8.30. The van der Waals surface area contributed by atoms with Crippen molar-refractivity contribution in [3.05, 3.63) is 58.5 Å². The number of carboxylic acids is 1. The van der Waals surface area contributed by atoms with E-state index in [9.17, 15) is 9.90 Å². The van der Waals surface area contributed by atoms with Gasteiger partial charge in [-0.1, -0.05) is 12.1 Å². The number of thiophene rings is 2. The monoisotopic (exact) mass is 425 g/mol. The zero-order valence-corrected chi connectivity index (χ0v) is 17.3. The lowest BCUT2D eigenvalue weighted by Crippen LogP contribution is -2.06. The molecule has 0 aliphatic heterocycles. The Labute approximate surface area is 175 Å². The summed E-state index contributed by atoms with van der Waals surface area (Å²) in [5.74, 6) is 0.0762. The highest BCUT2D eigenvalue weighted by molar-refractivity contribution is 7.17. The minimum absolute atomic E-state index is 0.180. The van der Waals surface area contributed by atoms with Gasteiger partial charge in [0.2, 0.25) is 0 Å². The Balaban J connectivity index is 1.45. The topological polar surface area (TPSA) is 84.3 Å². The number of carboxylic acid groups (broad SMARTS) is 1. The van der Waals surface area contributed by atoms with E-state index >= 15 is 0 Å². The predicted molar refractivity (Wildman–Crippen MR) is 117 cm³/mol. The summed E-state index contributed by atoms with van der Waals surface area (Å²) in [7, 11) is 0. The third-order valence-corrected chi connectivity index (χ3v) is 6.36. The van der Waals surface area contributed by atoms with E-state index in [-0.39, 0.29) is 4.88 Å². The molecule has 4 aromatic rings. The Bertz CT molecular complexity index is 1150. The van der Waals surface area contributed by atoms with Gasteiger partial charge in [0.05, 0.1) is 17.2 Å². The van der Waals surface area contributed by atoms with E-state index in [1.54, 1.807) is 17.4 Å².